The smallest absolute Gasteiger partial charge is 0.183 e. The van der Waals surface area contributed by atoms with Gasteiger partial charge in [0.25, 0.3) is 0 Å². The molecule has 6 nitrogen and oxygen atoms in total. The zero-order valence-electron chi connectivity index (χ0n) is 10.8. The van der Waals surface area contributed by atoms with Crippen LogP contribution in [-0.2, 0) is 0 Å². The summed E-state index contributed by atoms with van der Waals surface area (Å²) < 4.78 is 2.79. The highest BCUT2D eigenvalue weighted by atomic mass is 127. The first-order valence-corrected chi connectivity index (χ1v) is 11.5. The summed E-state index contributed by atoms with van der Waals surface area (Å²) in [6.45, 7) is 2.94. The Morgan fingerprint density at radius 1 is 1.50 bits per heavy atom. The van der Waals surface area contributed by atoms with E-state index in [1.165, 1.54) is 0 Å². The molecule has 1 fully saturated rings. The van der Waals surface area contributed by atoms with E-state index in [0.29, 0.717) is 6.37 Å². The number of aromatic nitrogens is 4. The van der Waals surface area contributed by atoms with Crippen molar-refractivity contribution in [1.82, 2.24) is 19.5 Å². The first-order valence-electron chi connectivity index (χ1n) is 6.32. The lowest BCUT2D eigenvalue weighted by Crippen LogP contribution is -2.43. The number of rotatable bonds is 2. The summed E-state index contributed by atoms with van der Waals surface area (Å²) in [5.74, 6) is 0.879. The van der Waals surface area contributed by atoms with Crippen LogP contribution in [0, 0.1) is 3.70 Å². The molecule has 0 bridgehead atoms. The first-order chi connectivity index (χ1) is 9.60. The lowest BCUT2D eigenvalue weighted by molar-refractivity contribution is 0.131. The number of nitrogens with zero attached hydrogens (tertiary/aromatic N) is 5. The molecule has 108 valence electrons. The van der Waals surface area contributed by atoms with Gasteiger partial charge in [-0.2, -0.15) is 5.10 Å². The molecule has 1 saturated heterocycles. The zero-order chi connectivity index (χ0) is 14.3. The molecule has 3 atom stereocenters. The maximum atomic E-state index is 9.72. The lowest BCUT2D eigenvalue weighted by Gasteiger charge is -2.36. The number of halogens is 2. The van der Waals surface area contributed by atoms with Crippen molar-refractivity contribution >= 4 is 68.0 Å². The van der Waals surface area contributed by atoms with Crippen LogP contribution >= 0.6 is 51.0 Å². The molecule has 20 heavy (non-hydrogen) atoms. The van der Waals surface area contributed by atoms with Crippen LogP contribution in [0.15, 0.2) is 6.20 Å². The molecule has 3 heterocycles. The third-order valence-corrected chi connectivity index (χ3v) is 6.12. The minimum atomic E-state index is -0.194. The molecule has 2 aromatic rings. The number of fused-ring (bicyclic) bond motifs is 1. The van der Waals surface area contributed by atoms with Gasteiger partial charge in [0.1, 0.15) is 11.3 Å². The topological polar surface area (TPSA) is 67.1 Å². The number of hydrogen-bond donors (Lipinski definition) is 1. The largest absolute Gasteiger partial charge is 0.393 e. The van der Waals surface area contributed by atoms with Gasteiger partial charge >= 0.3 is 0 Å². The summed E-state index contributed by atoms with van der Waals surface area (Å²) in [6, 6.07) is 0.281. The van der Waals surface area contributed by atoms with Gasteiger partial charge in [-0.15, -0.1) is 0 Å². The number of aliphatic hydroxyl groups excluding tert-OH is 1. The molecule has 9 heteroatoms. The molecular formula is C11H14I2N5OP. The van der Waals surface area contributed by atoms with Gasteiger partial charge in [0.2, 0.25) is 0 Å². The number of piperidine rings is 1. The molecule has 1 unspecified atom stereocenters. The Bertz CT molecular complexity index is 637. The average molecular weight is 517 g/mol. The van der Waals surface area contributed by atoms with Gasteiger partial charge in [0.05, 0.1) is 18.7 Å². The molecule has 3 rings (SSSR count). The quantitative estimate of drug-likeness (QED) is 0.491. The van der Waals surface area contributed by atoms with Gasteiger partial charge in [-0.05, 0) is 64.4 Å². The summed E-state index contributed by atoms with van der Waals surface area (Å²) in [7, 11) is 0. The van der Waals surface area contributed by atoms with Crippen LogP contribution in [-0.4, -0.2) is 43.3 Å². The summed E-state index contributed by atoms with van der Waals surface area (Å²) >= 11 is 4.49. The van der Waals surface area contributed by atoms with E-state index >= 15 is 0 Å². The third kappa shape index (κ3) is 2.76. The summed E-state index contributed by atoms with van der Waals surface area (Å²) in [6.07, 6.45) is 3.70. The Hall–Kier alpha value is 0.200. The molecule has 0 amide bonds. The van der Waals surface area contributed by atoms with Crippen molar-refractivity contribution in [2.24, 2.45) is 0 Å². The Kier molecular flexibility index (Phi) is 4.63. The van der Waals surface area contributed by atoms with E-state index < -0.39 is 0 Å². The van der Waals surface area contributed by atoms with Crippen molar-refractivity contribution in [2.75, 3.05) is 11.4 Å². The molecular weight excluding hydrogens is 503 g/mol. The van der Waals surface area contributed by atoms with E-state index in [9.17, 15) is 5.11 Å². The standard InChI is InChI=1S/C11H14I2N5OP/c1-6-4-7(19)2-3-17(6)8-5-14-9-10(12)16-18(20-13)11(9)15-8/h5-7,19-20H,2-4H2,1H3/t6-,7-/m1/s1. The highest BCUT2D eigenvalue weighted by Gasteiger charge is 2.26. The van der Waals surface area contributed by atoms with Crippen LogP contribution in [0.2, 0.25) is 0 Å². The van der Waals surface area contributed by atoms with Crippen LogP contribution in [0.3, 0.4) is 0 Å². The first kappa shape index (κ1) is 15.1. The normalized spacial score (nSPS) is 24.1. The van der Waals surface area contributed by atoms with E-state index in [-0.39, 0.29) is 12.1 Å². The molecule has 1 aliphatic heterocycles. The number of aliphatic hydroxyl groups is 1. The molecule has 1 N–H and O–H groups in total. The Morgan fingerprint density at radius 2 is 2.30 bits per heavy atom. The van der Waals surface area contributed by atoms with Crippen molar-refractivity contribution in [3.05, 3.63) is 9.90 Å². The highest BCUT2D eigenvalue weighted by molar-refractivity contribution is 14.2. The van der Waals surface area contributed by atoms with Gasteiger partial charge in [-0.3, -0.25) is 0 Å². The summed E-state index contributed by atoms with van der Waals surface area (Å²) in [5, 5.41) is 14.2. The molecule has 0 aromatic carbocycles. The maximum absolute atomic E-state index is 9.72. The van der Waals surface area contributed by atoms with Crippen LogP contribution in [0.1, 0.15) is 19.8 Å². The summed E-state index contributed by atoms with van der Waals surface area (Å²) in [4.78, 5) is 11.5. The van der Waals surface area contributed by atoms with E-state index in [2.05, 4.69) is 66.5 Å². The minimum absolute atomic E-state index is 0.194. The van der Waals surface area contributed by atoms with E-state index in [4.69, 9.17) is 4.98 Å². The van der Waals surface area contributed by atoms with Crippen LogP contribution in [0.5, 0.6) is 0 Å². The molecule has 0 radical (unpaired) electrons. The highest BCUT2D eigenvalue weighted by Crippen LogP contribution is 2.31. The molecule has 1 aliphatic rings. The van der Waals surface area contributed by atoms with Crippen molar-refractivity contribution in [3.63, 3.8) is 0 Å². The fourth-order valence-corrected chi connectivity index (χ4v) is 4.71. The van der Waals surface area contributed by atoms with Crippen molar-refractivity contribution < 1.29 is 5.11 Å². The molecule has 0 aliphatic carbocycles. The second kappa shape index (κ2) is 6.13. The molecule has 2 aromatic heterocycles. The van der Waals surface area contributed by atoms with Crippen molar-refractivity contribution in [3.8, 4) is 0 Å². The Balaban J connectivity index is 2.00. The van der Waals surface area contributed by atoms with Gasteiger partial charge in [-0.25, -0.2) is 14.4 Å². The Labute approximate surface area is 145 Å². The van der Waals surface area contributed by atoms with Crippen LogP contribution < -0.4 is 4.90 Å². The van der Waals surface area contributed by atoms with Crippen molar-refractivity contribution in [2.45, 2.75) is 31.9 Å². The summed E-state index contributed by atoms with van der Waals surface area (Å²) in [5.41, 5.74) is 1.71. The third-order valence-electron chi connectivity index (χ3n) is 3.55. The van der Waals surface area contributed by atoms with Crippen molar-refractivity contribution in [1.29, 1.82) is 0 Å². The number of hydrogen-bond acceptors (Lipinski definition) is 5. The van der Waals surface area contributed by atoms with E-state index in [0.717, 1.165) is 40.1 Å². The van der Waals surface area contributed by atoms with E-state index in [1.54, 1.807) is 0 Å². The second-order valence-corrected chi connectivity index (χ2v) is 7.97. The van der Waals surface area contributed by atoms with Crippen LogP contribution in [0.4, 0.5) is 5.82 Å². The van der Waals surface area contributed by atoms with Gasteiger partial charge in [0, 0.05) is 12.6 Å². The fraction of sp³-hybridized carbons (Fsp3) is 0.545. The average Bonchev–Trinajstić information content (AvgIpc) is 2.75. The molecule has 0 saturated carbocycles. The van der Waals surface area contributed by atoms with Crippen LogP contribution in [0.25, 0.3) is 11.2 Å². The van der Waals surface area contributed by atoms with Gasteiger partial charge in [0.15, 0.2) is 9.35 Å². The predicted octanol–water partition coefficient (Wildman–Crippen LogP) is 2.57. The fourth-order valence-electron chi connectivity index (χ4n) is 2.53. The lowest BCUT2D eigenvalue weighted by atomic mass is 10.0. The second-order valence-electron chi connectivity index (χ2n) is 4.91. The SMILES string of the molecule is C[C@@H]1C[C@H](O)CCN1c1cnc2c(I)nn(PI)c2n1. The van der Waals surface area contributed by atoms with Gasteiger partial charge < -0.3 is 10.0 Å². The molecule has 0 spiro atoms. The van der Waals surface area contributed by atoms with E-state index in [1.807, 2.05) is 10.6 Å². The van der Waals surface area contributed by atoms with Gasteiger partial charge in [-0.1, -0.05) is 0 Å². The predicted molar refractivity (Wildman–Crippen MR) is 97.8 cm³/mol. The zero-order valence-corrected chi connectivity index (χ0v) is 16.1. The Morgan fingerprint density at radius 3 is 3.00 bits per heavy atom. The monoisotopic (exact) mass is 517 g/mol. The number of anilines is 1. The maximum Gasteiger partial charge on any atom is 0.183 e. The minimum Gasteiger partial charge on any atom is -0.393 e.